The van der Waals surface area contributed by atoms with Crippen molar-refractivity contribution in [2.45, 2.75) is 32.0 Å². The predicted octanol–water partition coefficient (Wildman–Crippen LogP) is 4.61. The highest BCUT2D eigenvalue weighted by Gasteiger charge is 2.35. The summed E-state index contributed by atoms with van der Waals surface area (Å²) < 4.78 is 54.1. The van der Waals surface area contributed by atoms with Crippen molar-refractivity contribution in [1.82, 2.24) is 4.98 Å². The number of piperidine rings is 1. The molecule has 8 heteroatoms. The van der Waals surface area contributed by atoms with Crippen molar-refractivity contribution in [3.63, 3.8) is 0 Å². The van der Waals surface area contributed by atoms with Crippen LogP contribution in [0.15, 0.2) is 36.7 Å². The monoisotopic (exact) mass is 392 g/mol. The van der Waals surface area contributed by atoms with Gasteiger partial charge in [-0.2, -0.15) is 18.4 Å². The summed E-state index contributed by atoms with van der Waals surface area (Å²) in [5.41, 5.74) is -0.515. The van der Waals surface area contributed by atoms with E-state index in [0.29, 0.717) is 31.0 Å². The number of alkyl halides is 3. The summed E-state index contributed by atoms with van der Waals surface area (Å²) in [6.45, 7) is 3.52. The number of halogens is 4. The molecule has 3 rings (SSSR count). The van der Waals surface area contributed by atoms with E-state index >= 15 is 0 Å². The van der Waals surface area contributed by atoms with Gasteiger partial charge in [0.15, 0.2) is 0 Å². The number of nitriles is 1. The van der Waals surface area contributed by atoms with E-state index in [9.17, 15) is 17.6 Å². The molecule has 4 nitrogen and oxygen atoms in total. The summed E-state index contributed by atoms with van der Waals surface area (Å²) in [4.78, 5) is 7.74. The van der Waals surface area contributed by atoms with Crippen LogP contribution in [0.4, 0.5) is 28.9 Å². The number of benzene rings is 1. The predicted molar refractivity (Wildman–Crippen MR) is 98.6 cm³/mol. The molecule has 1 aliphatic rings. The Morgan fingerprint density at radius 3 is 2.75 bits per heavy atom. The van der Waals surface area contributed by atoms with Gasteiger partial charge in [0.1, 0.15) is 5.82 Å². The van der Waals surface area contributed by atoms with Crippen LogP contribution in [-0.4, -0.2) is 30.7 Å². The van der Waals surface area contributed by atoms with Crippen LogP contribution in [0.2, 0.25) is 0 Å². The van der Waals surface area contributed by atoms with E-state index in [2.05, 4.69) is 4.98 Å². The zero-order chi connectivity index (χ0) is 20.3. The van der Waals surface area contributed by atoms with Gasteiger partial charge in [-0.05, 0) is 44.0 Å². The van der Waals surface area contributed by atoms with Gasteiger partial charge >= 0.3 is 6.18 Å². The lowest BCUT2D eigenvalue weighted by molar-refractivity contribution is -0.137. The average molecular weight is 392 g/mol. The Hall–Kier alpha value is -2.82. The first kappa shape index (κ1) is 19.9. The van der Waals surface area contributed by atoms with Crippen molar-refractivity contribution in [2.75, 3.05) is 29.4 Å². The van der Waals surface area contributed by atoms with E-state index in [4.69, 9.17) is 5.26 Å². The van der Waals surface area contributed by atoms with Crippen molar-refractivity contribution in [3.8, 4) is 6.07 Å². The quantitative estimate of drug-likeness (QED) is 0.713. The second kappa shape index (κ2) is 8.05. The van der Waals surface area contributed by atoms with Crippen molar-refractivity contribution in [2.24, 2.45) is 0 Å². The summed E-state index contributed by atoms with van der Waals surface area (Å²) in [7, 11) is 0. The SMILES string of the molecule is CCN(c1ccc(C#N)c(C(F)(F)F)c1)[C@@H]1CCCN(c2cnccc2F)C1. The first-order valence-corrected chi connectivity index (χ1v) is 9.07. The first-order chi connectivity index (χ1) is 13.3. The average Bonchev–Trinajstić information content (AvgIpc) is 2.68. The number of pyridine rings is 1. The van der Waals surface area contributed by atoms with Gasteiger partial charge in [0.25, 0.3) is 0 Å². The highest BCUT2D eigenvalue weighted by molar-refractivity contribution is 5.56. The van der Waals surface area contributed by atoms with E-state index in [-0.39, 0.29) is 11.9 Å². The molecule has 0 radical (unpaired) electrons. The van der Waals surface area contributed by atoms with Crippen LogP contribution in [0.25, 0.3) is 0 Å². The highest BCUT2D eigenvalue weighted by atomic mass is 19.4. The molecule has 0 bridgehead atoms. The fraction of sp³-hybridized carbons (Fsp3) is 0.400. The van der Waals surface area contributed by atoms with E-state index in [1.165, 1.54) is 24.5 Å². The zero-order valence-electron chi connectivity index (χ0n) is 15.4. The fourth-order valence-electron chi connectivity index (χ4n) is 3.72. The van der Waals surface area contributed by atoms with Crippen LogP contribution in [0.3, 0.4) is 0 Å². The maximum atomic E-state index is 14.1. The maximum absolute atomic E-state index is 14.1. The van der Waals surface area contributed by atoms with Gasteiger partial charge in [-0.25, -0.2) is 4.39 Å². The molecular formula is C20H20F4N4. The number of hydrogen-bond acceptors (Lipinski definition) is 4. The lowest BCUT2D eigenvalue weighted by Crippen LogP contribution is -2.48. The van der Waals surface area contributed by atoms with E-state index < -0.39 is 17.3 Å². The van der Waals surface area contributed by atoms with Crippen LogP contribution in [-0.2, 0) is 6.18 Å². The second-order valence-corrected chi connectivity index (χ2v) is 6.69. The maximum Gasteiger partial charge on any atom is 0.417 e. The lowest BCUT2D eigenvalue weighted by Gasteiger charge is -2.41. The molecule has 1 atom stereocenters. The van der Waals surface area contributed by atoms with E-state index in [1.54, 1.807) is 12.1 Å². The third-order valence-electron chi connectivity index (χ3n) is 5.03. The summed E-state index contributed by atoms with van der Waals surface area (Å²) in [6.07, 6.45) is -0.172. The molecule has 2 aromatic rings. The summed E-state index contributed by atoms with van der Waals surface area (Å²) in [6, 6.07) is 6.61. The number of likely N-dealkylation sites (N-methyl/N-ethyl adjacent to an activating group) is 1. The van der Waals surface area contributed by atoms with Crippen LogP contribution in [0.1, 0.15) is 30.9 Å². The molecule has 1 aromatic heterocycles. The molecule has 1 aliphatic heterocycles. The molecule has 0 unspecified atom stereocenters. The Bertz CT molecular complexity index is 875. The number of aromatic nitrogens is 1. The fourth-order valence-corrected chi connectivity index (χ4v) is 3.72. The van der Waals surface area contributed by atoms with Gasteiger partial charge in [0.2, 0.25) is 0 Å². The third kappa shape index (κ3) is 4.03. The van der Waals surface area contributed by atoms with E-state index in [1.807, 2.05) is 16.7 Å². The molecule has 0 spiro atoms. The standard InChI is InChI=1S/C20H20F4N4/c1-2-28(15-6-5-14(11-25)17(10-15)20(22,23)24)16-4-3-9-27(13-16)19-12-26-8-7-18(19)21/h5-8,10,12,16H,2-4,9,13H2,1H3/t16-/m1/s1. The van der Waals surface area contributed by atoms with Crippen LogP contribution < -0.4 is 9.80 Å². The first-order valence-electron chi connectivity index (χ1n) is 9.07. The topological polar surface area (TPSA) is 43.2 Å². The number of nitrogens with zero attached hydrogens (tertiary/aromatic N) is 4. The van der Waals surface area contributed by atoms with Gasteiger partial charge < -0.3 is 9.80 Å². The molecule has 0 saturated carbocycles. The molecule has 0 amide bonds. The minimum Gasteiger partial charge on any atom is -0.367 e. The Morgan fingerprint density at radius 1 is 1.32 bits per heavy atom. The Kier molecular flexibility index (Phi) is 5.73. The Labute approximate surface area is 161 Å². The van der Waals surface area contributed by atoms with Crippen molar-refractivity contribution in [3.05, 3.63) is 53.6 Å². The summed E-state index contributed by atoms with van der Waals surface area (Å²) >= 11 is 0. The number of hydrogen-bond donors (Lipinski definition) is 0. The smallest absolute Gasteiger partial charge is 0.367 e. The number of rotatable bonds is 4. The van der Waals surface area contributed by atoms with Crippen LogP contribution in [0, 0.1) is 17.1 Å². The van der Waals surface area contributed by atoms with Crippen LogP contribution in [0.5, 0.6) is 0 Å². The Balaban J connectivity index is 1.89. The summed E-state index contributed by atoms with van der Waals surface area (Å²) in [5, 5.41) is 8.99. The van der Waals surface area contributed by atoms with Crippen molar-refractivity contribution < 1.29 is 17.6 Å². The van der Waals surface area contributed by atoms with Gasteiger partial charge in [-0.15, -0.1) is 0 Å². The molecule has 1 saturated heterocycles. The normalized spacial score (nSPS) is 17.3. The molecule has 0 aliphatic carbocycles. The molecule has 1 fully saturated rings. The zero-order valence-corrected chi connectivity index (χ0v) is 15.4. The molecule has 0 N–H and O–H groups in total. The van der Waals surface area contributed by atoms with Gasteiger partial charge in [-0.1, -0.05) is 0 Å². The lowest BCUT2D eigenvalue weighted by atomic mass is 10.0. The molecular weight excluding hydrogens is 372 g/mol. The van der Waals surface area contributed by atoms with Crippen molar-refractivity contribution >= 4 is 11.4 Å². The molecule has 28 heavy (non-hydrogen) atoms. The molecule has 2 heterocycles. The van der Waals surface area contributed by atoms with Crippen molar-refractivity contribution in [1.29, 1.82) is 5.26 Å². The number of anilines is 2. The largest absolute Gasteiger partial charge is 0.417 e. The Morgan fingerprint density at radius 2 is 2.11 bits per heavy atom. The third-order valence-corrected chi connectivity index (χ3v) is 5.03. The molecule has 148 valence electrons. The minimum atomic E-state index is -4.60. The van der Waals surface area contributed by atoms with Crippen LogP contribution >= 0.6 is 0 Å². The van der Waals surface area contributed by atoms with Gasteiger partial charge in [-0.3, -0.25) is 4.98 Å². The van der Waals surface area contributed by atoms with E-state index in [0.717, 1.165) is 18.9 Å². The highest BCUT2D eigenvalue weighted by Crippen LogP contribution is 2.35. The summed E-state index contributed by atoms with van der Waals surface area (Å²) in [5.74, 6) is -0.364. The van der Waals surface area contributed by atoms with Gasteiger partial charge in [0.05, 0.1) is 29.1 Å². The van der Waals surface area contributed by atoms with Gasteiger partial charge in [0, 0.05) is 37.6 Å². The molecule has 1 aromatic carbocycles. The minimum absolute atomic E-state index is 0.0765. The second-order valence-electron chi connectivity index (χ2n) is 6.69.